The largest absolute Gasteiger partial charge is 0.369 e. The van der Waals surface area contributed by atoms with Gasteiger partial charge in [0.2, 0.25) is 0 Å². The fraction of sp³-hybridized carbons (Fsp3) is 0.600. The van der Waals surface area contributed by atoms with Crippen LogP contribution in [0.3, 0.4) is 0 Å². The van der Waals surface area contributed by atoms with E-state index in [-0.39, 0.29) is 17.5 Å². The lowest BCUT2D eigenvalue weighted by Crippen LogP contribution is -2.27. The van der Waals surface area contributed by atoms with Gasteiger partial charge in [0, 0.05) is 19.1 Å². The molecule has 4 nitrogen and oxygen atoms in total. The van der Waals surface area contributed by atoms with Gasteiger partial charge >= 0.3 is 0 Å². The van der Waals surface area contributed by atoms with E-state index in [0.29, 0.717) is 18.0 Å². The molecule has 1 saturated heterocycles. The second-order valence-corrected chi connectivity index (χ2v) is 8.36. The number of nitrogens with two attached hydrogens (primary N) is 1. The Bertz CT molecular complexity index is 589. The van der Waals surface area contributed by atoms with Gasteiger partial charge in [0.1, 0.15) is 0 Å². The third-order valence-electron chi connectivity index (χ3n) is 3.93. The van der Waals surface area contributed by atoms with E-state index in [1.54, 1.807) is 0 Å². The predicted molar refractivity (Wildman–Crippen MR) is 88.9 cm³/mol. The van der Waals surface area contributed by atoms with E-state index in [4.69, 9.17) is 17.3 Å². The van der Waals surface area contributed by atoms with Crippen LogP contribution in [0.2, 0.25) is 5.02 Å². The minimum Gasteiger partial charge on any atom is -0.369 e. The molecule has 2 rings (SSSR count). The summed E-state index contributed by atoms with van der Waals surface area (Å²) in [7, 11) is -2.90. The van der Waals surface area contributed by atoms with Crippen LogP contribution < -0.4 is 10.6 Å². The first kappa shape index (κ1) is 16.6. The lowest BCUT2D eigenvalue weighted by Gasteiger charge is -2.24. The van der Waals surface area contributed by atoms with Crippen molar-refractivity contribution in [2.24, 2.45) is 5.73 Å². The Morgan fingerprint density at radius 1 is 1.33 bits per heavy atom. The van der Waals surface area contributed by atoms with E-state index < -0.39 is 9.84 Å². The van der Waals surface area contributed by atoms with Crippen molar-refractivity contribution in [2.75, 3.05) is 29.5 Å². The fourth-order valence-electron chi connectivity index (χ4n) is 2.56. The van der Waals surface area contributed by atoms with Gasteiger partial charge in [0.05, 0.1) is 22.2 Å². The van der Waals surface area contributed by atoms with Gasteiger partial charge in [-0.1, -0.05) is 24.6 Å². The first-order valence-corrected chi connectivity index (χ1v) is 9.60. The van der Waals surface area contributed by atoms with Crippen LogP contribution in [0.4, 0.5) is 5.69 Å². The molecule has 118 valence electrons. The van der Waals surface area contributed by atoms with Crippen LogP contribution in [0.25, 0.3) is 0 Å². The minimum absolute atomic E-state index is 0.148. The lowest BCUT2D eigenvalue weighted by molar-refractivity contribution is 0.597. The maximum absolute atomic E-state index is 11.7. The highest BCUT2D eigenvalue weighted by Crippen LogP contribution is 2.28. The Hall–Kier alpha value is -0.780. The Kier molecular flexibility index (Phi) is 5.52. The Labute approximate surface area is 132 Å². The molecule has 6 heteroatoms. The molecule has 0 aromatic heterocycles. The minimum atomic E-state index is -2.90. The van der Waals surface area contributed by atoms with E-state index >= 15 is 0 Å². The molecule has 1 aromatic rings. The second-order valence-electron chi connectivity index (χ2n) is 5.65. The van der Waals surface area contributed by atoms with Gasteiger partial charge in [-0.3, -0.25) is 0 Å². The van der Waals surface area contributed by atoms with Gasteiger partial charge < -0.3 is 10.6 Å². The Balaban J connectivity index is 2.13. The molecule has 0 aliphatic carbocycles. The highest BCUT2D eigenvalue weighted by Gasteiger charge is 2.20. The van der Waals surface area contributed by atoms with E-state index in [9.17, 15) is 8.42 Å². The summed E-state index contributed by atoms with van der Waals surface area (Å²) in [4.78, 5) is 2.07. The summed E-state index contributed by atoms with van der Waals surface area (Å²) in [6.45, 7) is 3.31. The van der Waals surface area contributed by atoms with Crippen molar-refractivity contribution >= 4 is 27.1 Å². The number of rotatable bonds is 4. The zero-order valence-corrected chi connectivity index (χ0v) is 14.0. The van der Waals surface area contributed by atoms with Crippen LogP contribution in [0.15, 0.2) is 18.2 Å². The maximum Gasteiger partial charge on any atom is 0.152 e. The van der Waals surface area contributed by atoms with Crippen LogP contribution in [0.5, 0.6) is 0 Å². The molecule has 0 saturated carbocycles. The maximum atomic E-state index is 11.7. The molecular weight excluding hydrogens is 308 g/mol. The quantitative estimate of drug-likeness (QED) is 0.919. The van der Waals surface area contributed by atoms with Crippen LogP contribution in [0, 0.1) is 0 Å². The summed E-state index contributed by atoms with van der Waals surface area (Å²) in [5.74, 6) is 0.469. The lowest BCUT2D eigenvalue weighted by atomic mass is 10.0. The standard InChI is InChI=1S/C15H23ClN2O2S/c1-2-13(17)10-12-4-5-15(14(16)11-12)18-6-3-8-21(19,20)9-7-18/h4-5,11,13H,2-3,6-10,17H2,1H3. The number of sulfone groups is 1. The topological polar surface area (TPSA) is 63.4 Å². The molecule has 1 atom stereocenters. The molecule has 1 aliphatic rings. The van der Waals surface area contributed by atoms with Gasteiger partial charge in [0.25, 0.3) is 0 Å². The number of anilines is 1. The molecule has 0 radical (unpaired) electrons. The SMILES string of the molecule is CCC(N)Cc1ccc(N2CCCS(=O)(=O)CC2)c(Cl)c1. The van der Waals surface area contributed by atoms with Gasteiger partial charge in [-0.25, -0.2) is 8.42 Å². The van der Waals surface area contributed by atoms with Gasteiger partial charge in [0.15, 0.2) is 9.84 Å². The van der Waals surface area contributed by atoms with Crippen LogP contribution in [0.1, 0.15) is 25.3 Å². The van der Waals surface area contributed by atoms with Crippen molar-refractivity contribution in [3.63, 3.8) is 0 Å². The average Bonchev–Trinajstić information content (AvgIpc) is 2.60. The number of nitrogens with zero attached hydrogens (tertiary/aromatic N) is 1. The van der Waals surface area contributed by atoms with Crippen LogP contribution in [-0.4, -0.2) is 39.1 Å². The third-order valence-corrected chi connectivity index (χ3v) is 5.95. The number of hydrogen-bond acceptors (Lipinski definition) is 4. The summed E-state index contributed by atoms with van der Waals surface area (Å²) in [6.07, 6.45) is 2.40. The summed E-state index contributed by atoms with van der Waals surface area (Å²) in [6, 6.07) is 6.12. The molecule has 1 aromatic carbocycles. The first-order chi connectivity index (χ1) is 9.91. The Morgan fingerprint density at radius 2 is 2.10 bits per heavy atom. The van der Waals surface area contributed by atoms with E-state index in [0.717, 1.165) is 30.6 Å². The number of halogens is 1. The zero-order valence-electron chi connectivity index (χ0n) is 12.4. The van der Waals surface area contributed by atoms with Crippen molar-refractivity contribution in [1.29, 1.82) is 0 Å². The summed E-state index contributed by atoms with van der Waals surface area (Å²) in [5, 5.41) is 0.676. The van der Waals surface area contributed by atoms with Crippen molar-refractivity contribution in [3.8, 4) is 0 Å². The van der Waals surface area contributed by atoms with Crippen LogP contribution >= 0.6 is 11.6 Å². The molecule has 0 amide bonds. The molecule has 0 bridgehead atoms. The van der Waals surface area contributed by atoms with Crippen LogP contribution in [-0.2, 0) is 16.3 Å². The molecule has 21 heavy (non-hydrogen) atoms. The van der Waals surface area contributed by atoms with E-state index in [2.05, 4.69) is 11.8 Å². The molecule has 1 fully saturated rings. The van der Waals surface area contributed by atoms with E-state index in [1.807, 2.05) is 18.2 Å². The normalized spacial score (nSPS) is 20.0. The van der Waals surface area contributed by atoms with Gasteiger partial charge in [-0.15, -0.1) is 0 Å². The fourth-order valence-corrected chi connectivity index (χ4v) is 4.15. The average molecular weight is 331 g/mol. The second kappa shape index (κ2) is 6.99. The number of hydrogen-bond donors (Lipinski definition) is 1. The summed E-state index contributed by atoms with van der Waals surface area (Å²) < 4.78 is 23.3. The zero-order chi connectivity index (χ0) is 15.5. The molecule has 1 heterocycles. The van der Waals surface area contributed by atoms with Crippen molar-refractivity contribution in [1.82, 2.24) is 0 Å². The van der Waals surface area contributed by atoms with Gasteiger partial charge in [-0.2, -0.15) is 0 Å². The molecule has 1 aliphatic heterocycles. The monoisotopic (exact) mass is 330 g/mol. The number of benzene rings is 1. The predicted octanol–water partition coefficient (Wildman–Crippen LogP) is 2.24. The summed E-state index contributed by atoms with van der Waals surface area (Å²) >= 11 is 6.38. The molecule has 1 unspecified atom stereocenters. The Morgan fingerprint density at radius 3 is 2.76 bits per heavy atom. The van der Waals surface area contributed by atoms with E-state index in [1.165, 1.54) is 0 Å². The van der Waals surface area contributed by atoms with Crippen molar-refractivity contribution < 1.29 is 8.42 Å². The highest BCUT2D eigenvalue weighted by atomic mass is 35.5. The van der Waals surface area contributed by atoms with Crippen molar-refractivity contribution in [2.45, 2.75) is 32.2 Å². The molecular formula is C15H23ClN2O2S. The summed E-state index contributed by atoms with van der Waals surface area (Å²) in [5.41, 5.74) is 8.01. The molecule has 0 spiro atoms. The highest BCUT2D eigenvalue weighted by molar-refractivity contribution is 7.91. The smallest absolute Gasteiger partial charge is 0.152 e. The third kappa shape index (κ3) is 4.59. The van der Waals surface area contributed by atoms with Gasteiger partial charge in [-0.05, 0) is 37.0 Å². The first-order valence-electron chi connectivity index (χ1n) is 7.40. The molecule has 2 N–H and O–H groups in total. The van der Waals surface area contributed by atoms with Crippen molar-refractivity contribution in [3.05, 3.63) is 28.8 Å².